The lowest BCUT2D eigenvalue weighted by atomic mass is 10.3. The Labute approximate surface area is 140 Å². The molecule has 0 spiro atoms. The van der Waals surface area contributed by atoms with Gasteiger partial charge < -0.3 is 10.1 Å². The Balaban J connectivity index is 2.81. The van der Waals surface area contributed by atoms with Crippen LogP contribution in [-0.4, -0.2) is 50.1 Å². The molecule has 1 aromatic carbocycles. The summed E-state index contributed by atoms with van der Waals surface area (Å²) in [7, 11) is -2.67. The minimum Gasteiger partial charge on any atom is -0.454 e. The highest BCUT2D eigenvalue weighted by Gasteiger charge is 2.24. The average molecular weight is 356 g/mol. The van der Waals surface area contributed by atoms with E-state index in [-0.39, 0.29) is 16.6 Å². The molecule has 0 aliphatic heterocycles. The van der Waals surface area contributed by atoms with E-state index in [1.54, 1.807) is 0 Å². The molecule has 0 heterocycles. The summed E-state index contributed by atoms with van der Waals surface area (Å²) in [6.07, 6.45) is -0.925. The average Bonchev–Trinajstić information content (AvgIpc) is 2.46. The van der Waals surface area contributed by atoms with E-state index in [0.717, 1.165) is 4.31 Å². The number of carbonyl (C=O) groups excluding carboxylic acids is 3. The van der Waals surface area contributed by atoms with Crippen molar-refractivity contribution >= 4 is 33.4 Å². The van der Waals surface area contributed by atoms with Crippen molar-refractivity contribution in [3.05, 3.63) is 24.3 Å². The first kappa shape index (κ1) is 19.8. The minimum absolute atomic E-state index is 0.0356. The Kier molecular flexibility index (Phi) is 6.61. The molecule has 1 N–H and O–H groups in total. The Morgan fingerprint density at radius 1 is 1.17 bits per heavy atom. The van der Waals surface area contributed by atoms with Crippen molar-refractivity contribution in [2.45, 2.75) is 31.8 Å². The van der Waals surface area contributed by atoms with Gasteiger partial charge in [0.2, 0.25) is 15.9 Å². The van der Waals surface area contributed by atoms with Crippen LogP contribution in [0.25, 0.3) is 0 Å². The van der Waals surface area contributed by atoms with Crippen molar-refractivity contribution in [1.82, 2.24) is 4.31 Å². The number of ether oxygens (including phenoxy) is 1. The normalized spacial score (nSPS) is 12.5. The lowest BCUT2D eigenvalue weighted by Gasteiger charge is -2.18. The molecule has 0 radical (unpaired) electrons. The zero-order valence-corrected chi connectivity index (χ0v) is 14.7. The van der Waals surface area contributed by atoms with Crippen molar-refractivity contribution < 1.29 is 27.5 Å². The fourth-order valence-corrected chi connectivity index (χ4v) is 2.79. The standard InChI is InChI=1S/C15H20N2O6S/c1-10(18)11(2)23-15(20)9-17(4)24(21,22)14-7-5-13(6-8-14)16-12(3)19/h5-8,11H,9H2,1-4H3,(H,16,19). The molecule has 0 aliphatic carbocycles. The Morgan fingerprint density at radius 2 is 1.71 bits per heavy atom. The minimum atomic E-state index is -3.90. The lowest BCUT2D eigenvalue weighted by Crippen LogP contribution is -2.35. The van der Waals surface area contributed by atoms with Crippen molar-refractivity contribution in [2.75, 3.05) is 18.9 Å². The second-order valence-corrected chi connectivity index (χ2v) is 7.25. The van der Waals surface area contributed by atoms with Gasteiger partial charge in [0.15, 0.2) is 11.9 Å². The number of hydrogen-bond acceptors (Lipinski definition) is 6. The van der Waals surface area contributed by atoms with Gasteiger partial charge in [0.25, 0.3) is 0 Å². The van der Waals surface area contributed by atoms with Crippen LogP contribution < -0.4 is 5.32 Å². The summed E-state index contributed by atoms with van der Waals surface area (Å²) in [5.74, 6) is -1.42. The molecule has 8 nitrogen and oxygen atoms in total. The van der Waals surface area contributed by atoms with Crippen LogP contribution in [0.2, 0.25) is 0 Å². The maximum Gasteiger partial charge on any atom is 0.321 e. The van der Waals surface area contributed by atoms with Crippen molar-refractivity contribution in [1.29, 1.82) is 0 Å². The first-order valence-corrected chi connectivity index (χ1v) is 8.52. The van der Waals surface area contributed by atoms with E-state index in [1.165, 1.54) is 52.1 Å². The number of carbonyl (C=O) groups is 3. The number of hydrogen-bond donors (Lipinski definition) is 1. The second kappa shape index (κ2) is 8.02. The predicted molar refractivity (Wildman–Crippen MR) is 86.8 cm³/mol. The van der Waals surface area contributed by atoms with E-state index in [9.17, 15) is 22.8 Å². The Hall–Kier alpha value is -2.26. The van der Waals surface area contributed by atoms with Gasteiger partial charge in [0.05, 0.1) is 4.90 Å². The fourth-order valence-electron chi connectivity index (χ4n) is 1.68. The quantitative estimate of drug-likeness (QED) is 0.723. The molecule has 0 aliphatic rings. The number of amides is 1. The molecule has 132 valence electrons. The maximum absolute atomic E-state index is 12.4. The number of ketones is 1. The van der Waals surface area contributed by atoms with Crippen molar-refractivity contribution in [3.8, 4) is 0 Å². The summed E-state index contributed by atoms with van der Waals surface area (Å²) >= 11 is 0. The number of nitrogens with zero attached hydrogens (tertiary/aromatic N) is 1. The van der Waals surface area contributed by atoms with Gasteiger partial charge in [0, 0.05) is 19.7 Å². The lowest BCUT2D eigenvalue weighted by molar-refractivity contribution is -0.153. The number of benzene rings is 1. The number of esters is 1. The van der Waals surface area contributed by atoms with E-state index in [1.807, 2.05) is 0 Å². The van der Waals surface area contributed by atoms with Crippen molar-refractivity contribution in [2.24, 2.45) is 0 Å². The van der Waals surface area contributed by atoms with Crippen LogP contribution in [0.5, 0.6) is 0 Å². The van der Waals surface area contributed by atoms with Gasteiger partial charge >= 0.3 is 5.97 Å². The Bertz CT molecular complexity index is 727. The van der Waals surface area contributed by atoms with Crippen LogP contribution in [0.1, 0.15) is 20.8 Å². The predicted octanol–water partition coefficient (Wildman–Crippen LogP) is 0.786. The molecule has 1 rings (SSSR count). The number of sulfonamides is 1. The Morgan fingerprint density at radius 3 is 2.17 bits per heavy atom. The van der Waals surface area contributed by atoms with E-state index < -0.39 is 28.6 Å². The largest absolute Gasteiger partial charge is 0.454 e. The molecule has 9 heteroatoms. The summed E-state index contributed by atoms with van der Waals surface area (Å²) in [5, 5.41) is 2.52. The third kappa shape index (κ3) is 5.43. The van der Waals surface area contributed by atoms with Gasteiger partial charge in [-0.2, -0.15) is 4.31 Å². The van der Waals surface area contributed by atoms with Crippen LogP contribution >= 0.6 is 0 Å². The molecule has 0 fully saturated rings. The van der Waals surface area contributed by atoms with E-state index in [2.05, 4.69) is 5.32 Å². The summed E-state index contributed by atoms with van der Waals surface area (Å²) in [5.41, 5.74) is 0.457. The first-order valence-electron chi connectivity index (χ1n) is 7.08. The van der Waals surface area contributed by atoms with Gasteiger partial charge in [-0.15, -0.1) is 0 Å². The van der Waals surface area contributed by atoms with Crippen LogP contribution in [0, 0.1) is 0 Å². The molecular formula is C15H20N2O6S. The zero-order valence-electron chi connectivity index (χ0n) is 13.9. The number of anilines is 1. The van der Waals surface area contributed by atoms with E-state index >= 15 is 0 Å². The van der Waals surface area contributed by atoms with Crippen molar-refractivity contribution in [3.63, 3.8) is 0 Å². The highest BCUT2D eigenvalue weighted by molar-refractivity contribution is 7.89. The molecular weight excluding hydrogens is 336 g/mol. The topological polar surface area (TPSA) is 110 Å². The zero-order chi connectivity index (χ0) is 18.5. The number of rotatable bonds is 7. The number of likely N-dealkylation sites (N-methyl/N-ethyl adjacent to an activating group) is 1. The van der Waals surface area contributed by atoms with Crippen LogP contribution in [-0.2, 0) is 29.1 Å². The molecule has 24 heavy (non-hydrogen) atoms. The summed E-state index contributed by atoms with van der Waals surface area (Å²) in [6.45, 7) is 3.50. The van der Waals surface area contributed by atoms with Crippen LogP contribution in [0.4, 0.5) is 5.69 Å². The summed E-state index contributed by atoms with van der Waals surface area (Å²) < 4.78 is 30.4. The molecule has 0 saturated carbocycles. The molecule has 1 amide bonds. The molecule has 0 saturated heterocycles. The third-order valence-electron chi connectivity index (χ3n) is 3.12. The summed E-state index contributed by atoms with van der Waals surface area (Å²) in [6, 6.07) is 5.53. The van der Waals surface area contributed by atoms with E-state index in [0.29, 0.717) is 5.69 Å². The molecule has 1 atom stereocenters. The molecule has 1 aromatic rings. The molecule has 0 aromatic heterocycles. The SMILES string of the molecule is CC(=O)Nc1ccc(S(=O)(=O)N(C)CC(=O)OC(C)C(C)=O)cc1. The monoisotopic (exact) mass is 356 g/mol. The first-order chi connectivity index (χ1) is 11.0. The molecule has 1 unspecified atom stereocenters. The van der Waals surface area contributed by atoms with Crippen LogP contribution in [0.15, 0.2) is 29.2 Å². The van der Waals surface area contributed by atoms with Gasteiger partial charge in [-0.3, -0.25) is 14.4 Å². The number of nitrogens with one attached hydrogen (secondary N) is 1. The second-order valence-electron chi connectivity index (χ2n) is 5.21. The third-order valence-corrected chi connectivity index (χ3v) is 4.93. The van der Waals surface area contributed by atoms with E-state index in [4.69, 9.17) is 4.74 Å². The smallest absolute Gasteiger partial charge is 0.321 e. The fraction of sp³-hybridized carbons (Fsp3) is 0.400. The molecule has 0 bridgehead atoms. The van der Waals surface area contributed by atoms with Crippen LogP contribution in [0.3, 0.4) is 0 Å². The van der Waals surface area contributed by atoms with Gasteiger partial charge in [-0.25, -0.2) is 8.42 Å². The van der Waals surface area contributed by atoms with Gasteiger partial charge in [0.1, 0.15) is 6.54 Å². The number of Topliss-reactive ketones (excluding diaryl/α,β-unsaturated/α-hetero) is 1. The van der Waals surface area contributed by atoms with Gasteiger partial charge in [-0.1, -0.05) is 0 Å². The highest BCUT2D eigenvalue weighted by Crippen LogP contribution is 2.17. The highest BCUT2D eigenvalue weighted by atomic mass is 32.2. The maximum atomic E-state index is 12.4. The summed E-state index contributed by atoms with van der Waals surface area (Å²) in [4.78, 5) is 33.7. The van der Waals surface area contributed by atoms with Gasteiger partial charge in [-0.05, 0) is 38.1 Å².